The van der Waals surface area contributed by atoms with Gasteiger partial charge >= 0.3 is 0 Å². The molecule has 3 heteroatoms. The number of aliphatic hydroxyl groups excluding tert-OH is 1. The third kappa shape index (κ3) is 3.56. The van der Waals surface area contributed by atoms with Crippen LogP contribution in [0.3, 0.4) is 0 Å². The van der Waals surface area contributed by atoms with E-state index in [2.05, 4.69) is 6.07 Å². The van der Waals surface area contributed by atoms with Crippen LogP contribution in [0, 0.1) is 11.3 Å². The van der Waals surface area contributed by atoms with E-state index in [4.69, 9.17) is 10.00 Å². The third-order valence-corrected chi connectivity index (χ3v) is 3.45. The van der Waals surface area contributed by atoms with E-state index >= 15 is 0 Å². The molecule has 1 aliphatic rings. The summed E-state index contributed by atoms with van der Waals surface area (Å²) in [5.41, 5.74) is 1.52. The number of hydrogen-bond donors (Lipinski definition) is 1. The molecule has 0 saturated carbocycles. The molecule has 1 fully saturated rings. The third-order valence-electron chi connectivity index (χ3n) is 3.45. The van der Waals surface area contributed by atoms with Gasteiger partial charge in [0.1, 0.15) is 0 Å². The Labute approximate surface area is 108 Å². The quantitative estimate of drug-likeness (QED) is 0.867. The first kappa shape index (κ1) is 13.1. The van der Waals surface area contributed by atoms with Crippen LogP contribution in [0.25, 0.3) is 0 Å². The predicted octanol–water partition coefficient (Wildman–Crippen LogP) is 2.94. The molecule has 0 amide bonds. The topological polar surface area (TPSA) is 53.2 Å². The SMILES string of the molecule is N#Cc1ccc(C(O)CCCC2CCCO2)cc1. The highest BCUT2D eigenvalue weighted by Gasteiger charge is 2.16. The van der Waals surface area contributed by atoms with Crippen LogP contribution in [-0.4, -0.2) is 17.8 Å². The smallest absolute Gasteiger partial charge is 0.0991 e. The molecule has 0 aliphatic carbocycles. The Morgan fingerprint density at radius 3 is 2.78 bits per heavy atom. The highest BCUT2D eigenvalue weighted by molar-refractivity contribution is 5.32. The van der Waals surface area contributed by atoms with Gasteiger partial charge in [0.25, 0.3) is 0 Å². The van der Waals surface area contributed by atoms with Gasteiger partial charge in [-0.2, -0.15) is 5.26 Å². The Kier molecular flexibility index (Phi) is 4.74. The predicted molar refractivity (Wildman–Crippen MR) is 68.9 cm³/mol. The molecule has 96 valence electrons. The van der Waals surface area contributed by atoms with Gasteiger partial charge in [-0.1, -0.05) is 12.1 Å². The Morgan fingerprint density at radius 2 is 2.17 bits per heavy atom. The molecular weight excluding hydrogens is 226 g/mol. The van der Waals surface area contributed by atoms with Crippen LogP contribution < -0.4 is 0 Å². The number of nitriles is 1. The monoisotopic (exact) mass is 245 g/mol. The standard InChI is InChI=1S/C15H19NO2/c16-11-12-6-8-13(9-7-12)15(17)5-1-3-14-4-2-10-18-14/h6-9,14-15,17H,1-5,10H2. The fourth-order valence-electron chi connectivity index (χ4n) is 2.36. The number of hydrogen-bond acceptors (Lipinski definition) is 3. The number of nitrogens with zero attached hydrogens (tertiary/aromatic N) is 1. The minimum atomic E-state index is -0.431. The zero-order chi connectivity index (χ0) is 12.8. The van der Waals surface area contributed by atoms with Gasteiger partial charge in [-0.05, 0) is 49.8 Å². The van der Waals surface area contributed by atoms with E-state index < -0.39 is 6.10 Å². The number of ether oxygens (including phenoxy) is 1. The van der Waals surface area contributed by atoms with E-state index in [0.717, 1.165) is 37.9 Å². The summed E-state index contributed by atoms with van der Waals surface area (Å²) < 4.78 is 5.55. The van der Waals surface area contributed by atoms with E-state index in [1.165, 1.54) is 6.42 Å². The normalized spacial score (nSPS) is 20.6. The molecule has 0 radical (unpaired) electrons. The van der Waals surface area contributed by atoms with Crippen molar-refractivity contribution in [2.75, 3.05) is 6.61 Å². The Balaban J connectivity index is 1.76. The van der Waals surface area contributed by atoms with E-state index in [0.29, 0.717) is 11.7 Å². The van der Waals surface area contributed by atoms with Gasteiger partial charge in [0, 0.05) is 6.61 Å². The van der Waals surface area contributed by atoms with Crippen LogP contribution in [0.4, 0.5) is 0 Å². The van der Waals surface area contributed by atoms with Crippen LogP contribution >= 0.6 is 0 Å². The van der Waals surface area contributed by atoms with Crippen molar-refractivity contribution in [2.24, 2.45) is 0 Å². The molecule has 0 spiro atoms. The molecule has 0 aromatic heterocycles. The summed E-state index contributed by atoms with van der Waals surface area (Å²) in [6.07, 6.45) is 5.07. The van der Waals surface area contributed by atoms with Crippen molar-refractivity contribution >= 4 is 0 Å². The van der Waals surface area contributed by atoms with Gasteiger partial charge in [0.15, 0.2) is 0 Å². The van der Waals surface area contributed by atoms with Crippen molar-refractivity contribution in [3.05, 3.63) is 35.4 Å². The Hall–Kier alpha value is -1.37. The zero-order valence-electron chi connectivity index (χ0n) is 10.5. The maximum Gasteiger partial charge on any atom is 0.0991 e. The molecule has 1 N–H and O–H groups in total. The first-order chi connectivity index (χ1) is 8.79. The zero-order valence-corrected chi connectivity index (χ0v) is 10.5. The molecule has 2 unspecified atom stereocenters. The average Bonchev–Trinajstić information content (AvgIpc) is 2.92. The molecule has 2 atom stereocenters. The van der Waals surface area contributed by atoms with Crippen molar-refractivity contribution in [1.82, 2.24) is 0 Å². The van der Waals surface area contributed by atoms with Crippen molar-refractivity contribution < 1.29 is 9.84 Å². The Morgan fingerprint density at radius 1 is 1.39 bits per heavy atom. The largest absolute Gasteiger partial charge is 0.388 e. The lowest BCUT2D eigenvalue weighted by atomic mass is 10.0. The van der Waals surface area contributed by atoms with E-state index in [9.17, 15) is 5.11 Å². The van der Waals surface area contributed by atoms with Crippen molar-refractivity contribution in [3.8, 4) is 6.07 Å². The Bertz CT molecular complexity index is 401. The molecule has 2 rings (SSSR count). The molecule has 1 aliphatic heterocycles. The number of aliphatic hydroxyl groups is 1. The first-order valence-electron chi connectivity index (χ1n) is 6.59. The van der Waals surface area contributed by atoms with Crippen LogP contribution in [0.2, 0.25) is 0 Å². The fourth-order valence-corrected chi connectivity index (χ4v) is 2.36. The van der Waals surface area contributed by atoms with E-state index in [1.54, 1.807) is 12.1 Å². The lowest BCUT2D eigenvalue weighted by Gasteiger charge is -2.13. The maximum atomic E-state index is 10.0. The number of rotatable bonds is 5. The van der Waals surface area contributed by atoms with Gasteiger partial charge < -0.3 is 9.84 Å². The summed E-state index contributed by atoms with van der Waals surface area (Å²) in [7, 11) is 0. The summed E-state index contributed by atoms with van der Waals surface area (Å²) in [6, 6.07) is 9.23. The minimum absolute atomic E-state index is 0.401. The second kappa shape index (κ2) is 6.53. The summed E-state index contributed by atoms with van der Waals surface area (Å²) in [5.74, 6) is 0. The lowest BCUT2D eigenvalue weighted by Crippen LogP contribution is -2.06. The van der Waals surface area contributed by atoms with Gasteiger partial charge in [0.2, 0.25) is 0 Å². The summed E-state index contributed by atoms with van der Waals surface area (Å²) in [5, 5.41) is 18.7. The molecule has 0 bridgehead atoms. The molecule has 1 aromatic carbocycles. The molecular formula is C15H19NO2. The van der Waals surface area contributed by atoms with Gasteiger partial charge in [-0.25, -0.2) is 0 Å². The van der Waals surface area contributed by atoms with Crippen molar-refractivity contribution in [1.29, 1.82) is 5.26 Å². The molecule has 1 saturated heterocycles. The van der Waals surface area contributed by atoms with Crippen molar-refractivity contribution in [2.45, 2.75) is 44.3 Å². The summed E-state index contributed by atoms with van der Waals surface area (Å²) in [6.45, 7) is 0.892. The molecule has 1 aromatic rings. The summed E-state index contributed by atoms with van der Waals surface area (Å²) >= 11 is 0. The highest BCUT2D eigenvalue weighted by atomic mass is 16.5. The number of benzene rings is 1. The molecule has 1 heterocycles. The average molecular weight is 245 g/mol. The first-order valence-corrected chi connectivity index (χ1v) is 6.59. The minimum Gasteiger partial charge on any atom is -0.388 e. The van der Waals surface area contributed by atoms with E-state index in [-0.39, 0.29) is 0 Å². The highest BCUT2D eigenvalue weighted by Crippen LogP contribution is 2.23. The van der Waals surface area contributed by atoms with Crippen molar-refractivity contribution in [3.63, 3.8) is 0 Å². The van der Waals surface area contributed by atoms with Crippen LogP contribution in [0.1, 0.15) is 49.3 Å². The maximum absolute atomic E-state index is 10.0. The van der Waals surface area contributed by atoms with Crippen LogP contribution in [-0.2, 0) is 4.74 Å². The van der Waals surface area contributed by atoms with Crippen LogP contribution in [0.5, 0.6) is 0 Å². The summed E-state index contributed by atoms with van der Waals surface area (Å²) in [4.78, 5) is 0. The van der Waals surface area contributed by atoms with Gasteiger partial charge in [0.05, 0.1) is 23.8 Å². The van der Waals surface area contributed by atoms with Gasteiger partial charge in [-0.15, -0.1) is 0 Å². The molecule has 18 heavy (non-hydrogen) atoms. The van der Waals surface area contributed by atoms with Gasteiger partial charge in [-0.3, -0.25) is 0 Å². The van der Waals surface area contributed by atoms with E-state index in [1.807, 2.05) is 12.1 Å². The molecule has 3 nitrogen and oxygen atoms in total. The second-order valence-corrected chi connectivity index (χ2v) is 4.82. The second-order valence-electron chi connectivity index (χ2n) is 4.82. The lowest BCUT2D eigenvalue weighted by molar-refractivity contribution is 0.0945. The van der Waals surface area contributed by atoms with Crippen LogP contribution in [0.15, 0.2) is 24.3 Å². The fraction of sp³-hybridized carbons (Fsp3) is 0.533.